The molecule has 130 valence electrons. The lowest BCUT2D eigenvalue weighted by molar-refractivity contribution is 0.111. The van der Waals surface area contributed by atoms with Gasteiger partial charge in [-0.15, -0.1) is 0 Å². The predicted molar refractivity (Wildman–Crippen MR) is 101 cm³/mol. The fourth-order valence-corrected chi connectivity index (χ4v) is 2.84. The van der Waals surface area contributed by atoms with E-state index >= 15 is 0 Å². The van der Waals surface area contributed by atoms with Crippen LogP contribution in [-0.2, 0) is 0 Å². The predicted octanol–water partition coefficient (Wildman–Crippen LogP) is 4.66. The van der Waals surface area contributed by atoms with Crippen LogP contribution in [0.4, 0.5) is 0 Å². The summed E-state index contributed by atoms with van der Waals surface area (Å²) in [6.07, 6.45) is 1.58. The second-order valence-electron chi connectivity index (χ2n) is 5.73. The first kappa shape index (κ1) is 17.4. The molecule has 0 aliphatic heterocycles. The van der Waals surface area contributed by atoms with Crippen LogP contribution in [0, 0.1) is 0 Å². The zero-order chi connectivity index (χ0) is 18.5. The van der Waals surface area contributed by atoms with Crippen LogP contribution in [0.5, 0.6) is 11.5 Å². The highest BCUT2D eigenvalue weighted by atomic mass is 16.5. The standard InChI is InChI=1S/C22H18O4/c1-25-21-12-20(22(26-2)11-19(21)14-24)18-9-7-17(8-10-18)16-5-3-15(13-23)4-6-16/h3-14H,1-2H3. The monoisotopic (exact) mass is 346 g/mol. The van der Waals surface area contributed by atoms with Gasteiger partial charge < -0.3 is 9.47 Å². The van der Waals surface area contributed by atoms with Crippen molar-refractivity contribution in [2.24, 2.45) is 0 Å². The molecule has 0 heterocycles. The number of carbonyl (C=O) groups excluding carboxylic acids is 2. The third-order valence-electron chi connectivity index (χ3n) is 4.25. The van der Waals surface area contributed by atoms with Gasteiger partial charge in [-0.25, -0.2) is 0 Å². The van der Waals surface area contributed by atoms with Crippen LogP contribution in [0.25, 0.3) is 22.3 Å². The van der Waals surface area contributed by atoms with E-state index in [0.29, 0.717) is 22.6 Å². The Kier molecular flexibility index (Phi) is 5.13. The average molecular weight is 346 g/mol. The van der Waals surface area contributed by atoms with Crippen molar-refractivity contribution < 1.29 is 19.1 Å². The average Bonchev–Trinajstić information content (AvgIpc) is 2.72. The summed E-state index contributed by atoms with van der Waals surface area (Å²) in [6.45, 7) is 0. The molecule has 0 aliphatic rings. The van der Waals surface area contributed by atoms with Gasteiger partial charge in [0.25, 0.3) is 0 Å². The van der Waals surface area contributed by atoms with Crippen molar-refractivity contribution in [2.75, 3.05) is 14.2 Å². The number of hydrogen-bond acceptors (Lipinski definition) is 4. The smallest absolute Gasteiger partial charge is 0.153 e. The van der Waals surface area contributed by atoms with Crippen molar-refractivity contribution in [1.82, 2.24) is 0 Å². The van der Waals surface area contributed by atoms with Gasteiger partial charge in [0.1, 0.15) is 17.8 Å². The fourth-order valence-electron chi connectivity index (χ4n) is 2.84. The summed E-state index contributed by atoms with van der Waals surface area (Å²) in [5, 5.41) is 0. The summed E-state index contributed by atoms with van der Waals surface area (Å²) in [5.74, 6) is 1.11. The molecule has 0 fully saturated rings. The Morgan fingerprint density at radius 1 is 0.654 bits per heavy atom. The Balaban J connectivity index is 1.99. The van der Waals surface area contributed by atoms with Crippen molar-refractivity contribution in [2.45, 2.75) is 0 Å². The maximum atomic E-state index is 11.2. The lowest BCUT2D eigenvalue weighted by Crippen LogP contribution is -1.95. The van der Waals surface area contributed by atoms with Crippen LogP contribution < -0.4 is 9.47 Å². The minimum atomic E-state index is 0.444. The topological polar surface area (TPSA) is 52.6 Å². The molecule has 0 atom stereocenters. The van der Waals surface area contributed by atoms with Gasteiger partial charge in [-0.05, 0) is 28.8 Å². The maximum Gasteiger partial charge on any atom is 0.153 e. The molecule has 0 unspecified atom stereocenters. The Labute approximate surface area is 152 Å². The number of carbonyl (C=O) groups is 2. The molecule has 0 spiro atoms. The SMILES string of the molecule is COc1cc(-c2ccc(-c3ccc(C=O)cc3)cc2)c(OC)cc1C=O. The Morgan fingerprint density at radius 3 is 1.69 bits per heavy atom. The van der Waals surface area contributed by atoms with Crippen LogP contribution in [0.1, 0.15) is 20.7 Å². The molecule has 3 aromatic rings. The first-order valence-electron chi connectivity index (χ1n) is 8.07. The molecule has 0 saturated heterocycles. The largest absolute Gasteiger partial charge is 0.496 e. The van der Waals surface area contributed by atoms with Crippen molar-refractivity contribution in [3.63, 3.8) is 0 Å². The van der Waals surface area contributed by atoms with Gasteiger partial charge in [0, 0.05) is 11.1 Å². The fraction of sp³-hybridized carbons (Fsp3) is 0.0909. The van der Waals surface area contributed by atoms with E-state index in [-0.39, 0.29) is 0 Å². The van der Waals surface area contributed by atoms with Crippen LogP contribution in [0.15, 0.2) is 60.7 Å². The van der Waals surface area contributed by atoms with E-state index in [4.69, 9.17) is 9.47 Å². The molecule has 4 heteroatoms. The van der Waals surface area contributed by atoms with Gasteiger partial charge in [-0.2, -0.15) is 0 Å². The van der Waals surface area contributed by atoms with Crippen LogP contribution in [0.3, 0.4) is 0 Å². The number of methoxy groups -OCH3 is 2. The molecule has 0 saturated carbocycles. The highest BCUT2D eigenvalue weighted by Gasteiger charge is 2.12. The lowest BCUT2D eigenvalue weighted by atomic mass is 9.98. The summed E-state index contributed by atoms with van der Waals surface area (Å²) in [4.78, 5) is 22.0. The van der Waals surface area contributed by atoms with E-state index < -0.39 is 0 Å². The summed E-state index contributed by atoms with van der Waals surface area (Å²) >= 11 is 0. The number of rotatable bonds is 6. The van der Waals surface area contributed by atoms with Crippen LogP contribution >= 0.6 is 0 Å². The summed E-state index contributed by atoms with van der Waals surface area (Å²) < 4.78 is 10.7. The Bertz CT molecular complexity index is 926. The molecule has 0 N–H and O–H groups in total. The summed E-state index contributed by atoms with van der Waals surface area (Å²) in [7, 11) is 3.10. The van der Waals surface area contributed by atoms with Crippen molar-refractivity contribution in [3.05, 3.63) is 71.8 Å². The van der Waals surface area contributed by atoms with Crippen molar-refractivity contribution in [1.29, 1.82) is 0 Å². The van der Waals surface area contributed by atoms with Gasteiger partial charge >= 0.3 is 0 Å². The Hall–Kier alpha value is -3.40. The molecule has 0 aromatic heterocycles. The zero-order valence-corrected chi connectivity index (χ0v) is 14.6. The van der Waals surface area contributed by atoms with Gasteiger partial charge in [-0.1, -0.05) is 48.5 Å². The van der Waals surface area contributed by atoms with Crippen molar-refractivity contribution >= 4 is 12.6 Å². The molecule has 0 bridgehead atoms. The molecular formula is C22H18O4. The van der Waals surface area contributed by atoms with Gasteiger partial charge in [0.2, 0.25) is 0 Å². The van der Waals surface area contributed by atoms with E-state index in [0.717, 1.165) is 34.8 Å². The van der Waals surface area contributed by atoms with E-state index in [9.17, 15) is 9.59 Å². The maximum absolute atomic E-state index is 11.2. The number of ether oxygens (including phenoxy) is 2. The molecule has 3 rings (SSSR count). The molecule has 0 aliphatic carbocycles. The quantitative estimate of drug-likeness (QED) is 0.609. The first-order valence-corrected chi connectivity index (χ1v) is 8.07. The highest BCUT2D eigenvalue weighted by Crippen LogP contribution is 2.36. The third kappa shape index (κ3) is 3.35. The number of hydrogen-bond donors (Lipinski definition) is 0. The van der Waals surface area contributed by atoms with Crippen LogP contribution in [-0.4, -0.2) is 26.8 Å². The zero-order valence-electron chi connectivity index (χ0n) is 14.6. The van der Waals surface area contributed by atoms with Gasteiger partial charge in [-0.3, -0.25) is 9.59 Å². The molecule has 3 aromatic carbocycles. The van der Waals surface area contributed by atoms with Gasteiger partial charge in [0.15, 0.2) is 6.29 Å². The highest BCUT2D eigenvalue weighted by molar-refractivity contribution is 5.85. The minimum Gasteiger partial charge on any atom is -0.496 e. The van der Waals surface area contributed by atoms with Crippen LogP contribution in [0.2, 0.25) is 0 Å². The molecule has 4 nitrogen and oxygen atoms in total. The van der Waals surface area contributed by atoms with E-state index in [1.54, 1.807) is 31.4 Å². The second kappa shape index (κ2) is 7.66. The van der Waals surface area contributed by atoms with E-state index in [2.05, 4.69) is 0 Å². The molecule has 0 amide bonds. The second-order valence-corrected chi connectivity index (χ2v) is 5.73. The normalized spacial score (nSPS) is 10.2. The number of aldehydes is 2. The number of benzene rings is 3. The van der Waals surface area contributed by atoms with E-state index in [1.165, 1.54) is 7.11 Å². The third-order valence-corrected chi connectivity index (χ3v) is 4.25. The molecular weight excluding hydrogens is 328 g/mol. The molecule has 26 heavy (non-hydrogen) atoms. The summed E-state index contributed by atoms with van der Waals surface area (Å²) in [6, 6.07) is 18.9. The Morgan fingerprint density at radius 2 is 1.19 bits per heavy atom. The molecule has 0 radical (unpaired) electrons. The van der Waals surface area contributed by atoms with E-state index in [1.807, 2.05) is 36.4 Å². The van der Waals surface area contributed by atoms with Gasteiger partial charge in [0.05, 0.1) is 19.8 Å². The first-order chi connectivity index (χ1) is 12.7. The minimum absolute atomic E-state index is 0.444. The lowest BCUT2D eigenvalue weighted by Gasteiger charge is -2.13. The van der Waals surface area contributed by atoms with Crippen molar-refractivity contribution in [3.8, 4) is 33.8 Å². The summed E-state index contributed by atoms with van der Waals surface area (Å²) in [5.41, 5.74) is 4.96.